The van der Waals surface area contributed by atoms with E-state index in [1.54, 1.807) is 12.1 Å². The summed E-state index contributed by atoms with van der Waals surface area (Å²) in [7, 11) is 2.79. The highest BCUT2D eigenvalue weighted by Gasteiger charge is 2.55. The molecular weight excluding hydrogens is 349 g/mol. The molecule has 2 rings (SSSR count). The first-order valence-corrected chi connectivity index (χ1v) is 9.06. The lowest BCUT2D eigenvalue weighted by molar-refractivity contribution is -0.153. The van der Waals surface area contributed by atoms with Crippen molar-refractivity contribution in [1.82, 2.24) is 0 Å². The van der Waals surface area contributed by atoms with Gasteiger partial charge in [-0.25, -0.2) is 4.39 Å². The Morgan fingerprint density at radius 3 is 2.22 bits per heavy atom. The summed E-state index contributed by atoms with van der Waals surface area (Å²) in [6.07, 6.45) is 0. The Morgan fingerprint density at radius 2 is 1.81 bits per heavy atom. The molecule has 1 N–H and O–H groups in total. The van der Waals surface area contributed by atoms with E-state index in [-0.39, 0.29) is 17.7 Å². The number of aliphatic imine (C=N–C) groups is 1. The molecule has 1 aliphatic heterocycles. The monoisotopic (exact) mass is 377 g/mol. The molecule has 0 aromatic heterocycles. The zero-order chi connectivity index (χ0) is 20.4. The van der Waals surface area contributed by atoms with Crippen LogP contribution < -0.4 is 0 Å². The Hall–Kier alpha value is -2.21. The minimum absolute atomic E-state index is 0.0333. The van der Waals surface area contributed by atoms with Crippen molar-refractivity contribution >= 4 is 17.3 Å². The van der Waals surface area contributed by atoms with Gasteiger partial charge in [0.1, 0.15) is 17.0 Å². The van der Waals surface area contributed by atoms with E-state index < -0.39 is 24.0 Å². The van der Waals surface area contributed by atoms with E-state index in [0.29, 0.717) is 22.6 Å². The average Bonchev–Trinajstić information content (AvgIpc) is 2.65. The Morgan fingerprint density at radius 1 is 1.22 bits per heavy atom. The van der Waals surface area contributed by atoms with Gasteiger partial charge in [0.05, 0.1) is 32.6 Å². The fourth-order valence-electron chi connectivity index (χ4n) is 3.78. The molecule has 0 aliphatic carbocycles. The van der Waals surface area contributed by atoms with E-state index in [0.717, 1.165) is 0 Å². The molecule has 1 heterocycles. The van der Waals surface area contributed by atoms with E-state index in [1.165, 1.54) is 26.4 Å². The molecule has 0 spiro atoms. The second-order valence-corrected chi connectivity index (χ2v) is 7.39. The maximum atomic E-state index is 13.5. The quantitative estimate of drug-likeness (QED) is 0.771. The van der Waals surface area contributed by atoms with E-state index >= 15 is 0 Å². The topological polar surface area (TPSA) is 68.1 Å². The minimum atomic E-state index is -1.44. The van der Waals surface area contributed by atoms with Crippen LogP contribution in [-0.4, -0.2) is 43.7 Å². The largest absolute Gasteiger partial charge is 0.494 e. The number of halogens is 1. The number of dihydropyridines is 1. The van der Waals surface area contributed by atoms with Crippen LogP contribution in [0.4, 0.5) is 4.39 Å². The normalized spacial score (nSPS) is 22.9. The molecule has 2 atom stereocenters. The first-order valence-electron chi connectivity index (χ1n) is 9.06. The number of aliphatic hydroxyl groups excluding tert-OH is 1. The van der Waals surface area contributed by atoms with Gasteiger partial charge < -0.3 is 14.6 Å². The van der Waals surface area contributed by atoms with Gasteiger partial charge >= 0.3 is 5.97 Å². The van der Waals surface area contributed by atoms with Gasteiger partial charge in [0, 0.05) is 5.57 Å². The van der Waals surface area contributed by atoms with Crippen LogP contribution in [0.25, 0.3) is 5.57 Å². The van der Waals surface area contributed by atoms with Gasteiger partial charge in [-0.2, -0.15) is 0 Å². The summed E-state index contributed by atoms with van der Waals surface area (Å²) >= 11 is 0. The van der Waals surface area contributed by atoms with Crippen LogP contribution in [0.15, 0.2) is 35.0 Å². The standard InChI is InChI=1S/C21H28FNO4/c1-12(2)17-18(26-5)16(14-7-9-15(22)10-8-14)21(11-24,20(25)27-6)19(23-17)13(3)4/h7-10,12-13,19,24H,11H2,1-6H3. The van der Waals surface area contributed by atoms with E-state index in [1.807, 2.05) is 27.7 Å². The Bertz CT molecular complexity index is 752. The van der Waals surface area contributed by atoms with E-state index in [4.69, 9.17) is 14.5 Å². The van der Waals surface area contributed by atoms with Gasteiger partial charge in [0.15, 0.2) is 0 Å². The maximum absolute atomic E-state index is 13.5. The Balaban J connectivity index is 2.93. The maximum Gasteiger partial charge on any atom is 0.321 e. The fraction of sp³-hybridized carbons (Fsp3) is 0.524. The zero-order valence-electron chi connectivity index (χ0n) is 16.7. The molecule has 0 radical (unpaired) electrons. The summed E-state index contributed by atoms with van der Waals surface area (Å²) in [4.78, 5) is 17.8. The van der Waals surface area contributed by atoms with Gasteiger partial charge in [-0.05, 0) is 29.5 Å². The highest BCUT2D eigenvalue weighted by atomic mass is 19.1. The van der Waals surface area contributed by atoms with Gasteiger partial charge in [0.2, 0.25) is 0 Å². The number of nitrogens with zero attached hydrogens (tertiary/aromatic N) is 1. The van der Waals surface area contributed by atoms with Crippen LogP contribution >= 0.6 is 0 Å². The van der Waals surface area contributed by atoms with Crippen molar-refractivity contribution in [3.63, 3.8) is 0 Å². The lowest BCUT2D eigenvalue weighted by Crippen LogP contribution is -2.52. The van der Waals surface area contributed by atoms with E-state index in [9.17, 15) is 14.3 Å². The van der Waals surface area contributed by atoms with Gasteiger partial charge in [0.25, 0.3) is 0 Å². The predicted molar refractivity (Wildman–Crippen MR) is 103 cm³/mol. The smallest absolute Gasteiger partial charge is 0.321 e. The second-order valence-electron chi connectivity index (χ2n) is 7.39. The van der Waals surface area contributed by atoms with E-state index in [2.05, 4.69) is 0 Å². The summed E-state index contributed by atoms with van der Waals surface area (Å²) < 4.78 is 24.3. The summed E-state index contributed by atoms with van der Waals surface area (Å²) in [5, 5.41) is 10.5. The van der Waals surface area contributed by atoms with Crippen molar-refractivity contribution in [2.45, 2.75) is 33.7 Å². The molecule has 0 fully saturated rings. The fourth-order valence-corrected chi connectivity index (χ4v) is 3.78. The van der Waals surface area contributed by atoms with Crippen LogP contribution in [0.1, 0.15) is 33.3 Å². The summed E-state index contributed by atoms with van der Waals surface area (Å²) in [6.45, 7) is 7.36. The number of hydrogen-bond donors (Lipinski definition) is 1. The summed E-state index contributed by atoms with van der Waals surface area (Å²) in [6, 6.07) is 5.25. The molecule has 0 saturated carbocycles. The molecule has 1 aromatic carbocycles. The van der Waals surface area contributed by atoms with Gasteiger partial charge in [-0.3, -0.25) is 9.79 Å². The second kappa shape index (κ2) is 8.21. The van der Waals surface area contributed by atoms with Crippen LogP contribution in [-0.2, 0) is 14.3 Å². The third-order valence-electron chi connectivity index (χ3n) is 5.00. The van der Waals surface area contributed by atoms with Crippen molar-refractivity contribution in [3.05, 3.63) is 41.4 Å². The van der Waals surface area contributed by atoms with Crippen molar-refractivity contribution in [3.8, 4) is 0 Å². The molecule has 5 nitrogen and oxygen atoms in total. The summed E-state index contributed by atoms with van der Waals surface area (Å²) in [5.41, 5.74) is 0.344. The van der Waals surface area contributed by atoms with Crippen LogP contribution in [0.3, 0.4) is 0 Å². The molecule has 6 heteroatoms. The highest BCUT2D eigenvalue weighted by Crippen LogP contribution is 2.48. The number of carbonyl (C=O) groups is 1. The lowest BCUT2D eigenvalue weighted by atomic mass is 9.65. The number of aliphatic hydroxyl groups is 1. The minimum Gasteiger partial charge on any atom is -0.494 e. The number of methoxy groups -OCH3 is 2. The van der Waals surface area contributed by atoms with Crippen LogP contribution in [0, 0.1) is 23.1 Å². The van der Waals surface area contributed by atoms with Crippen LogP contribution in [0.2, 0.25) is 0 Å². The molecule has 27 heavy (non-hydrogen) atoms. The molecule has 1 aromatic rings. The molecular formula is C21H28FNO4. The molecule has 1 aliphatic rings. The predicted octanol–water partition coefficient (Wildman–Crippen LogP) is 3.47. The SMILES string of the molecule is COC(=O)C1(CO)C(c2ccc(F)cc2)=C(OC)C(C(C)C)=NC1C(C)C. The van der Waals surface area contributed by atoms with Gasteiger partial charge in [-0.15, -0.1) is 0 Å². The molecule has 0 bridgehead atoms. The number of benzene rings is 1. The first-order chi connectivity index (χ1) is 12.7. The third-order valence-corrected chi connectivity index (χ3v) is 5.00. The number of esters is 1. The van der Waals surface area contributed by atoms with Crippen molar-refractivity contribution < 1.29 is 23.8 Å². The van der Waals surface area contributed by atoms with Gasteiger partial charge in [-0.1, -0.05) is 39.8 Å². The first kappa shape index (κ1) is 21.1. The highest BCUT2D eigenvalue weighted by molar-refractivity contribution is 6.12. The Kier molecular flexibility index (Phi) is 6.42. The molecule has 148 valence electrons. The molecule has 0 amide bonds. The zero-order valence-corrected chi connectivity index (χ0v) is 16.7. The average molecular weight is 377 g/mol. The van der Waals surface area contributed by atoms with Crippen molar-refractivity contribution in [1.29, 1.82) is 0 Å². The van der Waals surface area contributed by atoms with Crippen molar-refractivity contribution in [2.24, 2.45) is 22.2 Å². The molecule has 2 unspecified atom stereocenters. The lowest BCUT2D eigenvalue weighted by Gasteiger charge is -2.43. The van der Waals surface area contributed by atoms with Crippen LogP contribution in [0.5, 0.6) is 0 Å². The number of ether oxygens (including phenoxy) is 2. The number of hydrogen-bond acceptors (Lipinski definition) is 5. The van der Waals surface area contributed by atoms with Crippen molar-refractivity contribution in [2.75, 3.05) is 20.8 Å². The number of carbonyl (C=O) groups excluding carboxylic acids is 1. The number of allylic oxidation sites excluding steroid dienone is 1. The third kappa shape index (κ3) is 3.50. The Labute approximate surface area is 159 Å². The number of rotatable bonds is 6. The molecule has 0 saturated heterocycles. The summed E-state index contributed by atoms with van der Waals surface area (Å²) in [5.74, 6) is -0.582.